The van der Waals surface area contributed by atoms with Crippen LogP contribution in [0.2, 0.25) is 10.3 Å². The lowest BCUT2D eigenvalue weighted by Crippen LogP contribution is -2.01. The van der Waals surface area contributed by atoms with E-state index in [0.29, 0.717) is 28.4 Å². The van der Waals surface area contributed by atoms with Gasteiger partial charge in [-0.05, 0) is 29.3 Å². The van der Waals surface area contributed by atoms with Gasteiger partial charge in [0.1, 0.15) is 17.2 Å². The average molecular weight is 398 g/mol. The summed E-state index contributed by atoms with van der Waals surface area (Å²) in [5, 5.41) is 0.437. The molecule has 0 fully saturated rings. The monoisotopic (exact) mass is 397 g/mol. The zero-order chi connectivity index (χ0) is 18.0. The van der Waals surface area contributed by atoms with E-state index in [1.165, 1.54) is 25.8 Å². The van der Waals surface area contributed by atoms with Crippen molar-refractivity contribution < 1.29 is 13.5 Å². The first-order valence-corrected chi connectivity index (χ1v) is 8.94. The Kier molecular flexibility index (Phi) is 5.33. The number of hydrogen-bond donors (Lipinski definition) is 0. The Balaban J connectivity index is 2.11. The SMILES string of the molecule is COc1ccnc(Cl)c1-c1c(Cl)ncn1-c1ccc(CS(=O)[O-])nc1. The van der Waals surface area contributed by atoms with Crippen molar-refractivity contribution in [2.75, 3.05) is 7.11 Å². The van der Waals surface area contributed by atoms with E-state index in [9.17, 15) is 8.76 Å². The van der Waals surface area contributed by atoms with Gasteiger partial charge in [-0.25, -0.2) is 9.97 Å². The molecule has 7 nitrogen and oxygen atoms in total. The number of pyridine rings is 2. The number of hydrogen-bond acceptors (Lipinski definition) is 6. The maximum atomic E-state index is 10.8. The van der Waals surface area contributed by atoms with Gasteiger partial charge in [-0.2, -0.15) is 0 Å². The molecule has 0 aliphatic carbocycles. The highest BCUT2D eigenvalue weighted by Crippen LogP contribution is 2.39. The molecule has 3 heterocycles. The lowest BCUT2D eigenvalue weighted by atomic mass is 10.2. The van der Waals surface area contributed by atoms with Crippen LogP contribution in [0.15, 0.2) is 36.9 Å². The van der Waals surface area contributed by atoms with Crippen molar-refractivity contribution in [2.45, 2.75) is 5.75 Å². The van der Waals surface area contributed by atoms with Gasteiger partial charge in [0.2, 0.25) is 0 Å². The topological polar surface area (TPSA) is 93.0 Å². The fraction of sp³-hybridized carbons (Fsp3) is 0.133. The summed E-state index contributed by atoms with van der Waals surface area (Å²) in [7, 11) is 1.52. The highest BCUT2D eigenvalue weighted by atomic mass is 35.5. The van der Waals surface area contributed by atoms with Gasteiger partial charge in [0.15, 0.2) is 5.15 Å². The minimum absolute atomic E-state index is 0.153. The molecule has 0 saturated carbocycles. The largest absolute Gasteiger partial charge is 0.772 e. The smallest absolute Gasteiger partial charge is 0.155 e. The van der Waals surface area contributed by atoms with Crippen molar-refractivity contribution in [1.29, 1.82) is 0 Å². The molecule has 0 aliphatic rings. The summed E-state index contributed by atoms with van der Waals surface area (Å²) in [6.07, 6.45) is 4.57. The van der Waals surface area contributed by atoms with Crippen LogP contribution in [0, 0.1) is 0 Å². The summed E-state index contributed by atoms with van der Waals surface area (Å²) < 4.78 is 28.6. The van der Waals surface area contributed by atoms with Crippen molar-refractivity contribution in [3.8, 4) is 22.7 Å². The Morgan fingerprint density at radius 3 is 2.64 bits per heavy atom. The van der Waals surface area contributed by atoms with Gasteiger partial charge in [0, 0.05) is 6.20 Å². The number of nitrogens with zero attached hydrogens (tertiary/aromatic N) is 4. The molecule has 1 atom stereocenters. The van der Waals surface area contributed by atoms with E-state index in [-0.39, 0.29) is 16.1 Å². The van der Waals surface area contributed by atoms with Crippen molar-refractivity contribution >= 4 is 34.3 Å². The number of halogens is 2. The third-order valence-electron chi connectivity index (χ3n) is 3.40. The summed E-state index contributed by atoms with van der Waals surface area (Å²) >= 11 is 10.3. The molecular formula is C15H11Cl2N4O3S-. The van der Waals surface area contributed by atoms with Gasteiger partial charge in [-0.3, -0.25) is 13.8 Å². The summed E-state index contributed by atoms with van der Waals surface area (Å²) in [6.45, 7) is 0. The van der Waals surface area contributed by atoms with Gasteiger partial charge < -0.3 is 9.29 Å². The molecule has 0 saturated heterocycles. The quantitative estimate of drug-likeness (QED) is 0.485. The fourth-order valence-corrected chi connectivity index (χ4v) is 3.20. The predicted octanol–water partition coefficient (Wildman–Crippen LogP) is 3.02. The Labute approximate surface area is 155 Å². The Bertz CT molecular complexity index is 931. The lowest BCUT2D eigenvalue weighted by Gasteiger charge is -2.13. The normalized spacial score (nSPS) is 12.2. The molecule has 0 N–H and O–H groups in total. The number of ether oxygens (including phenoxy) is 1. The minimum Gasteiger partial charge on any atom is -0.772 e. The molecule has 0 bridgehead atoms. The van der Waals surface area contributed by atoms with Gasteiger partial charge in [-0.15, -0.1) is 0 Å². The first-order valence-electron chi connectivity index (χ1n) is 6.94. The standard InChI is InChI=1S/C15H12Cl2N4O3S/c1-24-11-4-5-18-14(16)12(11)13-15(17)20-8-21(13)10-3-2-9(19-6-10)7-25(22)23/h2-6,8H,7H2,1H3,(H,22,23)/p-1. The van der Waals surface area contributed by atoms with Gasteiger partial charge in [0.05, 0.1) is 41.7 Å². The molecule has 10 heteroatoms. The lowest BCUT2D eigenvalue weighted by molar-refractivity contribution is 0.415. The molecule has 25 heavy (non-hydrogen) atoms. The van der Waals surface area contributed by atoms with E-state index in [0.717, 1.165) is 0 Å². The van der Waals surface area contributed by atoms with Gasteiger partial charge >= 0.3 is 0 Å². The average Bonchev–Trinajstić information content (AvgIpc) is 2.96. The van der Waals surface area contributed by atoms with Crippen LogP contribution >= 0.6 is 23.2 Å². The van der Waals surface area contributed by atoms with E-state index >= 15 is 0 Å². The number of aromatic nitrogens is 4. The third kappa shape index (κ3) is 3.67. The fourth-order valence-electron chi connectivity index (χ4n) is 2.32. The Morgan fingerprint density at radius 2 is 2.00 bits per heavy atom. The van der Waals surface area contributed by atoms with Crippen LogP contribution in [-0.4, -0.2) is 35.4 Å². The van der Waals surface area contributed by atoms with E-state index in [4.69, 9.17) is 27.9 Å². The third-order valence-corrected chi connectivity index (χ3v) is 4.49. The van der Waals surface area contributed by atoms with Gasteiger partial charge in [0.25, 0.3) is 0 Å². The van der Waals surface area contributed by atoms with Crippen LogP contribution in [0.3, 0.4) is 0 Å². The second-order valence-corrected chi connectivity index (χ2v) is 6.50. The Morgan fingerprint density at radius 1 is 1.20 bits per heavy atom. The second-order valence-electron chi connectivity index (χ2n) is 4.89. The number of rotatable bonds is 5. The maximum absolute atomic E-state index is 10.8. The molecule has 0 aromatic carbocycles. The maximum Gasteiger partial charge on any atom is 0.155 e. The molecule has 0 amide bonds. The summed E-state index contributed by atoms with van der Waals surface area (Å²) in [5.41, 5.74) is 2.07. The molecule has 0 radical (unpaired) electrons. The van der Waals surface area contributed by atoms with E-state index < -0.39 is 11.1 Å². The van der Waals surface area contributed by atoms with Crippen LogP contribution < -0.4 is 4.74 Å². The highest BCUT2D eigenvalue weighted by molar-refractivity contribution is 7.78. The number of methoxy groups -OCH3 is 1. The summed E-state index contributed by atoms with van der Waals surface area (Å²) in [5.74, 6) is 0.343. The molecule has 0 spiro atoms. The first-order chi connectivity index (χ1) is 12.0. The van der Waals surface area contributed by atoms with E-state index in [2.05, 4.69) is 15.0 Å². The Hall–Kier alpha value is -2.00. The van der Waals surface area contributed by atoms with Crippen molar-refractivity contribution in [1.82, 2.24) is 19.5 Å². The molecule has 3 aromatic heterocycles. The van der Waals surface area contributed by atoms with Crippen molar-refractivity contribution in [3.05, 3.63) is 52.9 Å². The van der Waals surface area contributed by atoms with Crippen LogP contribution in [0.5, 0.6) is 5.75 Å². The van der Waals surface area contributed by atoms with Crippen LogP contribution in [-0.2, 0) is 16.8 Å². The first kappa shape index (κ1) is 17.8. The highest BCUT2D eigenvalue weighted by Gasteiger charge is 2.21. The van der Waals surface area contributed by atoms with Crippen LogP contribution in [0.1, 0.15) is 5.69 Å². The minimum atomic E-state index is -2.20. The van der Waals surface area contributed by atoms with Gasteiger partial charge in [-0.1, -0.05) is 23.2 Å². The van der Waals surface area contributed by atoms with Crippen LogP contribution in [0.25, 0.3) is 16.9 Å². The predicted molar refractivity (Wildman–Crippen MR) is 93.8 cm³/mol. The summed E-state index contributed by atoms with van der Waals surface area (Å²) in [4.78, 5) is 12.3. The molecular weight excluding hydrogens is 387 g/mol. The molecule has 130 valence electrons. The molecule has 3 rings (SSSR count). The second kappa shape index (κ2) is 7.49. The molecule has 1 unspecified atom stereocenters. The van der Waals surface area contributed by atoms with Crippen molar-refractivity contribution in [3.63, 3.8) is 0 Å². The molecule has 0 aliphatic heterocycles. The zero-order valence-corrected chi connectivity index (χ0v) is 15.2. The van der Waals surface area contributed by atoms with Crippen LogP contribution in [0.4, 0.5) is 0 Å². The van der Waals surface area contributed by atoms with Crippen molar-refractivity contribution in [2.24, 2.45) is 0 Å². The zero-order valence-electron chi connectivity index (χ0n) is 12.8. The van der Waals surface area contributed by atoms with E-state index in [1.807, 2.05) is 0 Å². The number of imidazole rings is 1. The molecule has 3 aromatic rings. The van der Waals surface area contributed by atoms with E-state index in [1.54, 1.807) is 22.8 Å². The summed E-state index contributed by atoms with van der Waals surface area (Å²) in [6, 6.07) is 5.00.